The quantitative estimate of drug-likeness (QED) is 0.0940. The Hall–Kier alpha value is -3.08. The van der Waals surface area contributed by atoms with Gasteiger partial charge in [0.1, 0.15) is 27.1 Å². The van der Waals surface area contributed by atoms with Crippen LogP contribution in [0.2, 0.25) is 0 Å². The van der Waals surface area contributed by atoms with E-state index in [4.69, 9.17) is 35.4 Å². The predicted octanol–water partition coefficient (Wildman–Crippen LogP) is 6.94. The summed E-state index contributed by atoms with van der Waals surface area (Å²) >= 11 is 6.81. The van der Waals surface area contributed by atoms with Gasteiger partial charge in [-0.2, -0.15) is 5.26 Å². The van der Waals surface area contributed by atoms with Crippen molar-refractivity contribution in [1.29, 1.82) is 10.5 Å². The van der Waals surface area contributed by atoms with Crippen molar-refractivity contribution in [3.8, 4) is 17.6 Å². The van der Waals surface area contributed by atoms with Crippen LogP contribution in [-0.2, 0) is 17.1 Å². The van der Waals surface area contributed by atoms with Crippen LogP contribution in [0.3, 0.4) is 0 Å². The third kappa shape index (κ3) is 5.82. The predicted molar refractivity (Wildman–Crippen MR) is 157 cm³/mol. The van der Waals surface area contributed by atoms with E-state index in [1.807, 2.05) is 33.8 Å². The van der Waals surface area contributed by atoms with Gasteiger partial charge in [-0.3, -0.25) is 0 Å². The molecule has 4 aromatic rings. The van der Waals surface area contributed by atoms with Crippen LogP contribution < -0.4 is 20.7 Å². The molecule has 4 heterocycles. The summed E-state index contributed by atoms with van der Waals surface area (Å²) in [5, 5.41) is 17.9. The fourth-order valence-corrected chi connectivity index (χ4v) is 6.02. The Morgan fingerprint density at radius 2 is 1.41 bits per heavy atom. The zero-order chi connectivity index (χ0) is 29.3. The largest absolute Gasteiger partial charge is 1.00 e. The number of hydrogen-bond donors (Lipinski definition) is 0. The molecule has 8 nitrogen and oxygen atoms in total. The van der Waals surface area contributed by atoms with Crippen molar-refractivity contribution in [2.24, 2.45) is 0 Å². The molecule has 2 aliphatic heterocycles. The maximum absolute atomic E-state index is 11.8. The molecule has 2 unspecified atom stereocenters. The summed E-state index contributed by atoms with van der Waals surface area (Å²) < 4.78 is 22.6. The number of nitrogens with zero attached hydrogens (tertiary/aromatic N) is 2. The SMILES string of the molecule is Cc1c(Br)c(=O)oc2c(C)c3c(cc12)C(CBr)CO3.Cc1cc(=O)oc2c(C)c3c(cc12)C(CC#N)CO3.[C-]#N.[Cu+]. The summed E-state index contributed by atoms with van der Waals surface area (Å²) in [4.78, 5) is 23.2. The van der Waals surface area contributed by atoms with Crippen LogP contribution in [0, 0.1) is 50.9 Å². The Bertz CT molecular complexity index is 1820. The molecule has 2 aromatic heterocycles. The topological polar surface area (TPSA) is 126 Å². The molecule has 0 saturated heterocycles. The van der Waals surface area contributed by atoms with Gasteiger partial charge in [0.15, 0.2) is 0 Å². The van der Waals surface area contributed by atoms with Crippen molar-refractivity contribution in [1.82, 2.24) is 0 Å². The van der Waals surface area contributed by atoms with Gasteiger partial charge in [-0.05, 0) is 66.9 Å². The van der Waals surface area contributed by atoms with E-state index in [2.05, 4.69) is 44.0 Å². The number of alkyl halides is 1. The molecule has 11 heteroatoms. The second-order valence-electron chi connectivity index (χ2n) is 9.70. The minimum Gasteiger partial charge on any atom is -0.512 e. The number of fused-ring (bicyclic) bond motifs is 4. The van der Waals surface area contributed by atoms with Gasteiger partial charge in [0.05, 0.1) is 19.3 Å². The molecule has 216 valence electrons. The van der Waals surface area contributed by atoms with Crippen molar-refractivity contribution in [2.45, 2.75) is 46.0 Å². The average Bonchev–Trinajstić information content (AvgIpc) is 3.55. The third-order valence-corrected chi connectivity index (χ3v) is 9.01. The van der Waals surface area contributed by atoms with Crippen LogP contribution in [0.1, 0.15) is 51.6 Å². The first-order valence-corrected chi connectivity index (χ1v) is 14.3. The van der Waals surface area contributed by atoms with Gasteiger partial charge in [-0.25, -0.2) is 9.59 Å². The van der Waals surface area contributed by atoms with E-state index in [1.54, 1.807) is 0 Å². The summed E-state index contributed by atoms with van der Waals surface area (Å²) in [7, 11) is 0. The second kappa shape index (κ2) is 13.3. The molecule has 2 aliphatic rings. The van der Waals surface area contributed by atoms with E-state index in [1.165, 1.54) is 11.6 Å². The number of hydrogen-bond acceptors (Lipinski definition) is 8. The zero-order valence-corrected chi connectivity index (χ0v) is 26.7. The zero-order valence-electron chi connectivity index (χ0n) is 22.6. The van der Waals surface area contributed by atoms with Gasteiger partial charge in [-0.1, -0.05) is 15.9 Å². The van der Waals surface area contributed by atoms with Crippen molar-refractivity contribution in [3.05, 3.63) is 83.5 Å². The molecule has 6 rings (SSSR count). The summed E-state index contributed by atoms with van der Waals surface area (Å²) in [6.45, 7) is 13.6. The van der Waals surface area contributed by atoms with E-state index in [9.17, 15) is 9.59 Å². The fraction of sp³-hybridized carbons (Fsp3) is 0.333. The molecular formula is C30H25Br2CuN2O6. The Morgan fingerprint density at radius 3 is 2.00 bits per heavy atom. The second-order valence-corrected chi connectivity index (χ2v) is 11.1. The van der Waals surface area contributed by atoms with Gasteiger partial charge >= 0.3 is 28.3 Å². The molecule has 0 saturated carbocycles. The smallest absolute Gasteiger partial charge is 0.512 e. The number of nitriles is 1. The van der Waals surface area contributed by atoms with Gasteiger partial charge in [-0.15, -0.1) is 0 Å². The summed E-state index contributed by atoms with van der Waals surface area (Å²) in [6.07, 6.45) is 0.438. The molecule has 0 fully saturated rings. The van der Waals surface area contributed by atoms with E-state index in [0.29, 0.717) is 41.2 Å². The average molecular weight is 733 g/mol. The van der Waals surface area contributed by atoms with Crippen molar-refractivity contribution in [3.63, 3.8) is 0 Å². The van der Waals surface area contributed by atoms with Crippen LogP contribution in [-0.4, -0.2) is 18.5 Å². The molecule has 0 bridgehead atoms. The van der Waals surface area contributed by atoms with Gasteiger partial charge in [0, 0.05) is 62.7 Å². The first-order valence-electron chi connectivity index (χ1n) is 12.4. The van der Waals surface area contributed by atoms with Gasteiger partial charge < -0.3 is 30.1 Å². The monoisotopic (exact) mass is 730 g/mol. The molecule has 0 aliphatic carbocycles. The maximum Gasteiger partial charge on any atom is 1.00 e. The van der Waals surface area contributed by atoms with Crippen LogP contribution in [0.15, 0.2) is 41.1 Å². The molecule has 0 radical (unpaired) electrons. The molecule has 41 heavy (non-hydrogen) atoms. The van der Waals surface area contributed by atoms with E-state index < -0.39 is 0 Å². The van der Waals surface area contributed by atoms with Crippen molar-refractivity contribution >= 4 is 53.8 Å². The number of rotatable bonds is 2. The first-order chi connectivity index (χ1) is 19.2. The molecule has 0 N–H and O–H groups in total. The standard InChI is InChI=1S/C15H13NO3.C14H12Br2O3.CN.Cu/c1-8-5-13(17)19-15-9(2)14-12(6-11(8)15)10(3-4-16)7-18-14;1-6-9-3-10-8(4-15)5-18-12(10)7(2)13(9)19-14(17)11(6)16;1-2;/h5-6,10H,3,7H2,1-2H3;3,8H,4-5H2,1-2H3;;/q;;-1;+1. The minimum absolute atomic E-state index is 0. The number of benzene rings is 2. The van der Waals surface area contributed by atoms with Crippen LogP contribution in [0.5, 0.6) is 11.5 Å². The van der Waals surface area contributed by atoms with E-state index in [-0.39, 0.29) is 34.2 Å². The number of halogens is 2. The van der Waals surface area contributed by atoms with Crippen molar-refractivity contribution < 1.29 is 35.4 Å². The Labute approximate surface area is 264 Å². The molecule has 0 amide bonds. The molecule has 0 spiro atoms. The van der Waals surface area contributed by atoms with Gasteiger partial charge in [0.2, 0.25) is 0 Å². The number of aryl methyl sites for hydroxylation is 4. The minimum atomic E-state index is -0.348. The molecule has 2 aromatic carbocycles. The van der Waals surface area contributed by atoms with E-state index >= 15 is 0 Å². The molecule has 2 atom stereocenters. The Balaban J connectivity index is 0.000000208. The summed E-state index contributed by atoms with van der Waals surface area (Å²) in [6, 6.07) is 7.75. The van der Waals surface area contributed by atoms with Crippen LogP contribution in [0.4, 0.5) is 0 Å². The number of ether oxygens (including phenoxy) is 2. The van der Waals surface area contributed by atoms with E-state index in [0.717, 1.165) is 55.4 Å². The normalized spacial score (nSPS) is 16.1. The fourth-order valence-electron chi connectivity index (χ4n) is 5.19. The summed E-state index contributed by atoms with van der Waals surface area (Å²) in [5.41, 5.74) is 6.30. The molecular weight excluding hydrogens is 708 g/mol. The van der Waals surface area contributed by atoms with Crippen molar-refractivity contribution in [2.75, 3.05) is 18.5 Å². The van der Waals surface area contributed by atoms with Crippen LogP contribution >= 0.6 is 31.9 Å². The maximum atomic E-state index is 11.8. The Kier molecular flexibility index (Phi) is 10.5. The first kappa shape index (κ1) is 32.4. The third-order valence-electron chi connectivity index (χ3n) is 7.31. The Morgan fingerprint density at radius 1 is 0.878 bits per heavy atom. The summed E-state index contributed by atoms with van der Waals surface area (Å²) in [5.74, 6) is 2.08. The van der Waals surface area contributed by atoms with Gasteiger partial charge in [0.25, 0.3) is 0 Å². The van der Waals surface area contributed by atoms with Crippen LogP contribution in [0.25, 0.3) is 21.9 Å².